The highest BCUT2D eigenvalue weighted by atomic mass is 16.4. The van der Waals surface area contributed by atoms with Gasteiger partial charge in [0.1, 0.15) is 0 Å². The van der Waals surface area contributed by atoms with Crippen LogP contribution >= 0.6 is 0 Å². The summed E-state index contributed by atoms with van der Waals surface area (Å²) >= 11 is 0. The second-order valence-corrected chi connectivity index (χ2v) is 3.32. The van der Waals surface area contributed by atoms with E-state index in [4.69, 9.17) is 5.11 Å². The van der Waals surface area contributed by atoms with Gasteiger partial charge in [-0.2, -0.15) is 0 Å². The molecule has 2 aromatic rings. The van der Waals surface area contributed by atoms with Gasteiger partial charge in [0.25, 0.3) is 0 Å². The number of hydrogen-bond acceptors (Lipinski definition) is 3. The van der Waals surface area contributed by atoms with Gasteiger partial charge in [-0.05, 0) is 24.3 Å². The van der Waals surface area contributed by atoms with Gasteiger partial charge >= 0.3 is 5.97 Å². The number of carboxylic acids is 1. The Balaban J connectivity index is 2.33. The van der Waals surface area contributed by atoms with Gasteiger partial charge in [-0.3, -0.25) is 14.8 Å². The molecule has 0 saturated heterocycles. The lowest BCUT2D eigenvalue weighted by molar-refractivity contribution is -0.136. The van der Waals surface area contributed by atoms with Crippen molar-refractivity contribution in [3.8, 4) is 11.3 Å². The molecule has 0 spiro atoms. The molecule has 2 heterocycles. The molecule has 0 amide bonds. The molecule has 0 unspecified atom stereocenters. The monoisotopic (exact) mass is 214 g/mol. The number of carbonyl (C=O) groups is 1. The quantitative estimate of drug-likeness (QED) is 0.845. The molecule has 0 aromatic carbocycles. The standard InChI is InChI=1S/C12H10N2O2/c15-12(16)8-10-2-1-3-11(14-10)9-4-6-13-7-5-9/h1-7H,8H2,(H,15,16). The molecule has 0 aliphatic rings. The fraction of sp³-hybridized carbons (Fsp3) is 0.0833. The molecule has 4 nitrogen and oxygen atoms in total. The van der Waals surface area contributed by atoms with Crippen molar-refractivity contribution < 1.29 is 9.90 Å². The van der Waals surface area contributed by atoms with Crippen LogP contribution in [0, 0.1) is 0 Å². The summed E-state index contributed by atoms with van der Waals surface area (Å²) in [6.07, 6.45) is 3.31. The zero-order valence-corrected chi connectivity index (χ0v) is 8.50. The second-order valence-electron chi connectivity index (χ2n) is 3.32. The summed E-state index contributed by atoms with van der Waals surface area (Å²) in [6.45, 7) is 0. The van der Waals surface area contributed by atoms with E-state index >= 15 is 0 Å². The normalized spacial score (nSPS) is 10.0. The van der Waals surface area contributed by atoms with Gasteiger partial charge in [0.15, 0.2) is 0 Å². The summed E-state index contributed by atoms with van der Waals surface area (Å²) < 4.78 is 0. The summed E-state index contributed by atoms with van der Waals surface area (Å²) in [5.41, 5.74) is 2.25. The fourth-order valence-corrected chi connectivity index (χ4v) is 1.42. The largest absolute Gasteiger partial charge is 0.481 e. The van der Waals surface area contributed by atoms with E-state index in [0.717, 1.165) is 11.3 Å². The Morgan fingerprint density at radius 1 is 1.19 bits per heavy atom. The van der Waals surface area contributed by atoms with Crippen LogP contribution in [0.1, 0.15) is 5.69 Å². The molecule has 80 valence electrons. The summed E-state index contributed by atoms with van der Waals surface area (Å²) in [7, 11) is 0. The van der Waals surface area contributed by atoms with Crippen LogP contribution in [0.3, 0.4) is 0 Å². The van der Waals surface area contributed by atoms with E-state index in [1.807, 2.05) is 18.2 Å². The molecule has 0 aliphatic heterocycles. The van der Waals surface area contributed by atoms with Crippen LogP contribution in [0.2, 0.25) is 0 Å². The summed E-state index contributed by atoms with van der Waals surface area (Å²) in [6, 6.07) is 9.04. The van der Waals surface area contributed by atoms with Crippen molar-refractivity contribution in [1.82, 2.24) is 9.97 Å². The zero-order valence-electron chi connectivity index (χ0n) is 8.50. The van der Waals surface area contributed by atoms with Gasteiger partial charge in [0.2, 0.25) is 0 Å². The van der Waals surface area contributed by atoms with E-state index in [1.165, 1.54) is 0 Å². The average Bonchev–Trinajstić information content (AvgIpc) is 2.30. The minimum atomic E-state index is -0.876. The van der Waals surface area contributed by atoms with Crippen LogP contribution < -0.4 is 0 Å². The van der Waals surface area contributed by atoms with E-state index in [-0.39, 0.29) is 6.42 Å². The first-order valence-corrected chi connectivity index (χ1v) is 4.84. The van der Waals surface area contributed by atoms with E-state index < -0.39 is 5.97 Å². The van der Waals surface area contributed by atoms with Crippen molar-refractivity contribution in [2.24, 2.45) is 0 Å². The predicted molar refractivity (Wildman–Crippen MR) is 58.8 cm³/mol. The van der Waals surface area contributed by atoms with Gasteiger partial charge in [-0.25, -0.2) is 0 Å². The minimum absolute atomic E-state index is 0.0566. The molecule has 0 atom stereocenters. The van der Waals surface area contributed by atoms with Gasteiger partial charge < -0.3 is 5.11 Å². The maximum atomic E-state index is 10.6. The van der Waals surface area contributed by atoms with Crippen LogP contribution in [0.4, 0.5) is 0 Å². The number of aliphatic carboxylic acids is 1. The van der Waals surface area contributed by atoms with Crippen LogP contribution in [-0.4, -0.2) is 21.0 Å². The molecule has 2 rings (SSSR count). The molecule has 0 aliphatic carbocycles. The van der Waals surface area contributed by atoms with Crippen molar-refractivity contribution in [3.63, 3.8) is 0 Å². The Morgan fingerprint density at radius 3 is 2.62 bits per heavy atom. The van der Waals surface area contributed by atoms with Crippen LogP contribution in [0.25, 0.3) is 11.3 Å². The molecule has 4 heteroatoms. The minimum Gasteiger partial charge on any atom is -0.481 e. The highest BCUT2D eigenvalue weighted by Crippen LogP contribution is 2.15. The summed E-state index contributed by atoms with van der Waals surface area (Å²) in [4.78, 5) is 18.8. The highest BCUT2D eigenvalue weighted by molar-refractivity contribution is 5.70. The Bertz CT molecular complexity index is 497. The van der Waals surface area contributed by atoms with Gasteiger partial charge in [-0.15, -0.1) is 0 Å². The molecule has 2 aromatic heterocycles. The van der Waals surface area contributed by atoms with E-state index in [1.54, 1.807) is 24.5 Å². The lowest BCUT2D eigenvalue weighted by Crippen LogP contribution is -2.02. The Kier molecular flexibility index (Phi) is 2.91. The van der Waals surface area contributed by atoms with Gasteiger partial charge in [0.05, 0.1) is 17.8 Å². The maximum Gasteiger partial charge on any atom is 0.309 e. The first-order chi connectivity index (χ1) is 7.75. The van der Waals surface area contributed by atoms with E-state index in [2.05, 4.69) is 9.97 Å². The van der Waals surface area contributed by atoms with Crippen LogP contribution in [-0.2, 0) is 11.2 Å². The smallest absolute Gasteiger partial charge is 0.309 e. The van der Waals surface area contributed by atoms with Crippen LogP contribution in [0.5, 0.6) is 0 Å². The average molecular weight is 214 g/mol. The molecule has 0 saturated carbocycles. The van der Waals surface area contributed by atoms with E-state index in [0.29, 0.717) is 5.69 Å². The van der Waals surface area contributed by atoms with Crippen molar-refractivity contribution >= 4 is 5.97 Å². The van der Waals surface area contributed by atoms with Crippen molar-refractivity contribution in [2.75, 3.05) is 0 Å². The Labute approximate surface area is 92.6 Å². The molecule has 16 heavy (non-hydrogen) atoms. The van der Waals surface area contributed by atoms with Crippen LogP contribution in [0.15, 0.2) is 42.7 Å². The molecule has 0 radical (unpaired) electrons. The maximum absolute atomic E-state index is 10.6. The lowest BCUT2D eigenvalue weighted by Gasteiger charge is -2.02. The predicted octanol–water partition coefficient (Wildman–Crippen LogP) is 1.77. The highest BCUT2D eigenvalue weighted by Gasteiger charge is 2.04. The number of pyridine rings is 2. The third-order valence-corrected chi connectivity index (χ3v) is 2.12. The first kappa shape index (κ1) is 10.3. The van der Waals surface area contributed by atoms with Crippen molar-refractivity contribution in [3.05, 3.63) is 48.4 Å². The molecular weight excluding hydrogens is 204 g/mol. The zero-order chi connectivity index (χ0) is 11.4. The number of aromatic nitrogens is 2. The van der Waals surface area contributed by atoms with Gasteiger partial charge in [0, 0.05) is 18.0 Å². The molecule has 0 fully saturated rings. The Morgan fingerprint density at radius 2 is 1.94 bits per heavy atom. The molecule has 0 bridgehead atoms. The SMILES string of the molecule is O=C(O)Cc1cccc(-c2ccncc2)n1. The number of rotatable bonds is 3. The van der Waals surface area contributed by atoms with Gasteiger partial charge in [-0.1, -0.05) is 6.07 Å². The number of nitrogens with zero attached hydrogens (tertiary/aromatic N) is 2. The van der Waals surface area contributed by atoms with E-state index in [9.17, 15) is 4.79 Å². The first-order valence-electron chi connectivity index (χ1n) is 4.84. The third-order valence-electron chi connectivity index (χ3n) is 2.12. The molecule has 1 N–H and O–H groups in total. The topological polar surface area (TPSA) is 63.1 Å². The lowest BCUT2D eigenvalue weighted by atomic mass is 10.1. The summed E-state index contributed by atoms with van der Waals surface area (Å²) in [5.74, 6) is -0.876. The third kappa shape index (κ3) is 2.42. The van der Waals surface area contributed by atoms with Crippen molar-refractivity contribution in [1.29, 1.82) is 0 Å². The molecular formula is C12H10N2O2. The second kappa shape index (κ2) is 4.53. The fourth-order valence-electron chi connectivity index (χ4n) is 1.42. The number of hydrogen-bond donors (Lipinski definition) is 1. The van der Waals surface area contributed by atoms with Crippen molar-refractivity contribution in [2.45, 2.75) is 6.42 Å². The summed E-state index contributed by atoms with van der Waals surface area (Å²) in [5, 5.41) is 8.68. The number of carboxylic acid groups (broad SMARTS) is 1. The Hall–Kier alpha value is -2.23.